The summed E-state index contributed by atoms with van der Waals surface area (Å²) in [7, 11) is 0. The standard InChI is InChI=1S/C19H18BrN3O2/c1-13-6-8-14(9-7-13)18-22-15(12-25-18)10-11-21-19(24)23-17-5-3-2-4-16(17)20/h2-9,12H,10-11H2,1H3,(H2,21,23,24). The van der Waals surface area contributed by atoms with Gasteiger partial charge in [0, 0.05) is 23.0 Å². The molecule has 0 bridgehead atoms. The second-order valence-corrected chi connectivity index (χ2v) is 6.48. The third kappa shape index (κ3) is 4.70. The Morgan fingerprint density at radius 2 is 1.92 bits per heavy atom. The van der Waals surface area contributed by atoms with E-state index in [0.29, 0.717) is 18.9 Å². The minimum absolute atomic E-state index is 0.255. The van der Waals surface area contributed by atoms with Crippen molar-refractivity contribution in [3.05, 3.63) is 70.5 Å². The van der Waals surface area contributed by atoms with Gasteiger partial charge >= 0.3 is 6.03 Å². The lowest BCUT2D eigenvalue weighted by molar-refractivity contribution is 0.252. The van der Waals surface area contributed by atoms with Gasteiger partial charge in [-0.15, -0.1) is 0 Å². The SMILES string of the molecule is Cc1ccc(-c2nc(CCNC(=O)Nc3ccccc3Br)co2)cc1. The lowest BCUT2D eigenvalue weighted by Crippen LogP contribution is -2.30. The zero-order valence-corrected chi connectivity index (χ0v) is 15.3. The fraction of sp³-hybridized carbons (Fsp3) is 0.158. The maximum Gasteiger partial charge on any atom is 0.319 e. The molecule has 128 valence electrons. The molecule has 0 fully saturated rings. The van der Waals surface area contributed by atoms with Crippen LogP contribution in [0.25, 0.3) is 11.5 Å². The van der Waals surface area contributed by atoms with E-state index < -0.39 is 0 Å². The normalized spacial score (nSPS) is 10.5. The summed E-state index contributed by atoms with van der Waals surface area (Å²) in [4.78, 5) is 16.4. The molecule has 0 aliphatic heterocycles. The summed E-state index contributed by atoms with van der Waals surface area (Å²) in [5.74, 6) is 0.590. The number of aryl methyl sites for hydroxylation is 1. The molecule has 0 aliphatic rings. The number of benzene rings is 2. The van der Waals surface area contributed by atoms with Gasteiger partial charge in [-0.1, -0.05) is 29.8 Å². The molecule has 0 aliphatic carbocycles. The van der Waals surface area contributed by atoms with Crippen molar-refractivity contribution in [3.63, 3.8) is 0 Å². The van der Waals surface area contributed by atoms with Crippen LogP contribution >= 0.6 is 15.9 Å². The summed E-state index contributed by atoms with van der Waals surface area (Å²) in [6.45, 7) is 2.51. The average molecular weight is 400 g/mol. The highest BCUT2D eigenvalue weighted by atomic mass is 79.9. The van der Waals surface area contributed by atoms with Crippen LogP contribution in [0.2, 0.25) is 0 Å². The molecule has 0 unspecified atom stereocenters. The van der Waals surface area contributed by atoms with Crippen molar-refractivity contribution in [2.75, 3.05) is 11.9 Å². The molecule has 0 spiro atoms. The summed E-state index contributed by atoms with van der Waals surface area (Å²) in [5.41, 5.74) is 3.66. The molecule has 6 heteroatoms. The molecular weight excluding hydrogens is 382 g/mol. The fourth-order valence-electron chi connectivity index (χ4n) is 2.28. The molecule has 2 N–H and O–H groups in total. The molecule has 0 saturated heterocycles. The molecule has 2 amide bonds. The molecule has 25 heavy (non-hydrogen) atoms. The number of nitrogens with one attached hydrogen (secondary N) is 2. The largest absolute Gasteiger partial charge is 0.444 e. The molecule has 1 aromatic heterocycles. The van der Waals surface area contributed by atoms with Crippen LogP contribution < -0.4 is 10.6 Å². The second-order valence-electron chi connectivity index (χ2n) is 5.62. The maximum atomic E-state index is 11.9. The number of nitrogens with zero attached hydrogens (tertiary/aromatic N) is 1. The van der Waals surface area contributed by atoms with Gasteiger partial charge in [0.15, 0.2) is 0 Å². The Balaban J connectivity index is 1.50. The van der Waals surface area contributed by atoms with Crippen molar-refractivity contribution in [1.82, 2.24) is 10.3 Å². The van der Waals surface area contributed by atoms with Gasteiger partial charge in [-0.2, -0.15) is 0 Å². The minimum Gasteiger partial charge on any atom is -0.444 e. The highest BCUT2D eigenvalue weighted by molar-refractivity contribution is 9.10. The van der Waals surface area contributed by atoms with Crippen LogP contribution in [0.5, 0.6) is 0 Å². The van der Waals surface area contributed by atoms with E-state index in [1.54, 1.807) is 6.26 Å². The number of anilines is 1. The number of oxazole rings is 1. The van der Waals surface area contributed by atoms with Crippen LogP contribution in [-0.2, 0) is 6.42 Å². The lowest BCUT2D eigenvalue weighted by Gasteiger charge is -2.08. The minimum atomic E-state index is -0.255. The number of halogens is 1. The van der Waals surface area contributed by atoms with E-state index >= 15 is 0 Å². The zero-order chi connectivity index (χ0) is 17.6. The molecule has 0 saturated carbocycles. The van der Waals surface area contributed by atoms with Crippen LogP contribution in [0.15, 0.2) is 63.7 Å². The van der Waals surface area contributed by atoms with Crippen molar-refractivity contribution >= 4 is 27.6 Å². The number of amides is 2. The zero-order valence-electron chi connectivity index (χ0n) is 13.8. The van der Waals surface area contributed by atoms with Gasteiger partial charge < -0.3 is 15.1 Å². The molecule has 3 aromatic rings. The number of hydrogen-bond donors (Lipinski definition) is 2. The summed E-state index contributed by atoms with van der Waals surface area (Å²) < 4.78 is 6.35. The van der Waals surface area contributed by atoms with Crippen LogP contribution in [-0.4, -0.2) is 17.6 Å². The van der Waals surface area contributed by atoms with E-state index in [1.165, 1.54) is 5.56 Å². The maximum absolute atomic E-state index is 11.9. The van der Waals surface area contributed by atoms with E-state index in [1.807, 2.05) is 55.5 Å². The van der Waals surface area contributed by atoms with Crippen molar-refractivity contribution in [2.24, 2.45) is 0 Å². The third-order valence-electron chi connectivity index (χ3n) is 3.64. The number of para-hydroxylation sites is 1. The number of aromatic nitrogens is 1. The summed E-state index contributed by atoms with van der Waals surface area (Å²) in [5, 5.41) is 5.60. The van der Waals surface area contributed by atoms with Gasteiger partial charge in [0.05, 0.1) is 11.4 Å². The van der Waals surface area contributed by atoms with Crippen molar-refractivity contribution in [2.45, 2.75) is 13.3 Å². The first-order chi connectivity index (χ1) is 12.1. The monoisotopic (exact) mass is 399 g/mol. The lowest BCUT2D eigenvalue weighted by atomic mass is 10.1. The Hall–Kier alpha value is -2.60. The van der Waals surface area contributed by atoms with Gasteiger partial charge in [0.25, 0.3) is 0 Å². The summed E-state index contributed by atoms with van der Waals surface area (Å²) in [6.07, 6.45) is 2.22. The Morgan fingerprint density at radius 1 is 1.16 bits per heavy atom. The molecule has 5 nitrogen and oxygen atoms in total. The van der Waals surface area contributed by atoms with Crippen molar-refractivity contribution in [1.29, 1.82) is 0 Å². The predicted octanol–water partition coefficient (Wildman–Crippen LogP) is 4.78. The van der Waals surface area contributed by atoms with Gasteiger partial charge in [-0.25, -0.2) is 9.78 Å². The summed E-state index contributed by atoms with van der Waals surface area (Å²) >= 11 is 3.39. The highest BCUT2D eigenvalue weighted by Gasteiger charge is 2.08. The number of urea groups is 1. The average Bonchev–Trinajstić information content (AvgIpc) is 3.06. The highest BCUT2D eigenvalue weighted by Crippen LogP contribution is 2.21. The van der Waals surface area contributed by atoms with Crippen molar-refractivity contribution in [3.8, 4) is 11.5 Å². The predicted molar refractivity (Wildman–Crippen MR) is 102 cm³/mol. The van der Waals surface area contributed by atoms with Gasteiger partial charge in [0.1, 0.15) is 6.26 Å². The number of carbonyl (C=O) groups is 1. The van der Waals surface area contributed by atoms with E-state index in [9.17, 15) is 4.79 Å². The first-order valence-corrected chi connectivity index (χ1v) is 8.72. The van der Waals surface area contributed by atoms with Crippen LogP contribution in [0.3, 0.4) is 0 Å². The topological polar surface area (TPSA) is 67.2 Å². The van der Waals surface area contributed by atoms with E-state index in [0.717, 1.165) is 21.4 Å². The molecular formula is C19H18BrN3O2. The Morgan fingerprint density at radius 3 is 2.68 bits per heavy atom. The van der Waals surface area contributed by atoms with Crippen LogP contribution in [0, 0.1) is 6.92 Å². The molecule has 3 rings (SSSR count). The second kappa shape index (κ2) is 7.98. The third-order valence-corrected chi connectivity index (χ3v) is 4.33. The molecule has 2 aromatic carbocycles. The first-order valence-electron chi connectivity index (χ1n) is 7.92. The van der Waals surface area contributed by atoms with E-state index in [-0.39, 0.29) is 6.03 Å². The van der Waals surface area contributed by atoms with Crippen molar-refractivity contribution < 1.29 is 9.21 Å². The van der Waals surface area contributed by atoms with Crippen LogP contribution in [0.4, 0.5) is 10.5 Å². The molecule has 1 heterocycles. The Labute approximate surface area is 154 Å². The Kier molecular flexibility index (Phi) is 5.50. The van der Waals surface area contributed by atoms with Crippen LogP contribution in [0.1, 0.15) is 11.3 Å². The first kappa shape index (κ1) is 17.2. The molecule has 0 radical (unpaired) electrons. The van der Waals surface area contributed by atoms with Gasteiger partial charge in [0.2, 0.25) is 5.89 Å². The van der Waals surface area contributed by atoms with E-state index in [4.69, 9.17) is 4.42 Å². The van der Waals surface area contributed by atoms with Gasteiger partial charge in [-0.05, 0) is 47.1 Å². The van der Waals surface area contributed by atoms with Gasteiger partial charge in [-0.3, -0.25) is 0 Å². The summed E-state index contributed by atoms with van der Waals surface area (Å²) in [6, 6.07) is 15.2. The quantitative estimate of drug-likeness (QED) is 0.648. The number of rotatable bonds is 5. The number of carbonyl (C=O) groups excluding carboxylic acids is 1. The fourth-order valence-corrected chi connectivity index (χ4v) is 2.67. The number of hydrogen-bond acceptors (Lipinski definition) is 3. The van der Waals surface area contributed by atoms with E-state index in [2.05, 4.69) is 31.5 Å². The molecule has 0 atom stereocenters. The smallest absolute Gasteiger partial charge is 0.319 e. The Bertz CT molecular complexity index is 859.